The van der Waals surface area contributed by atoms with E-state index in [1.807, 2.05) is 0 Å². The zero-order valence-corrected chi connectivity index (χ0v) is 16.1. The van der Waals surface area contributed by atoms with Crippen LogP contribution in [0.3, 0.4) is 0 Å². The lowest BCUT2D eigenvalue weighted by molar-refractivity contribution is -0.153. The van der Waals surface area contributed by atoms with Crippen LogP contribution in [0.15, 0.2) is 47.4 Å². The number of hydrogen-bond acceptors (Lipinski definition) is 6. The molecule has 2 aromatic rings. The van der Waals surface area contributed by atoms with Crippen molar-refractivity contribution >= 4 is 21.7 Å². The van der Waals surface area contributed by atoms with E-state index in [0.29, 0.717) is 0 Å². The van der Waals surface area contributed by atoms with Gasteiger partial charge in [0.05, 0.1) is 17.9 Å². The second kappa shape index (κ2) is 9.14. The first-order valence-electron chi connectivity index (χ1n) is 8.36. The van der Waals surface area contributed by atoms with Crippen molar-refractivity contribution in [2.24, 2.45) is 5.14 Å². The number of anilines is 1. The summed E-state index contributed by atoms with van der Waals surface area (Å²) < 4.78 is 71.5. The highest BCUT2D eigenvalue weighted by Crippen LogP contribution is 2.35. The van der Waals surface area contributed by atoms with Crippen molar-refractivity contribution in [2.45, 2.75) is 24.5 Å². The lowest BCUT2D eigenvalue weighted by atomic mass is 10.1. The van der Waals surface area contributed by atoms with Crippen molar-refractivity contribution in [3.05, 3.63) is 53.6 Å². The van der Waals surface area contributed by atoms with Gasteiger partial charge in [-0.3, -0.25) is 0 Å². The van der Waals surface area contributed by atoms with E-state index < -0.39 is 39.4 Å². The number of carbonyl (C=O) groups excluding carboxylic acids is 1. The SMILES string of the molecule is CCOC(=O)c1cc(NCc2ccccc2)c(OCC(F)(F)F)c(S(N)(=O)=O)c1. The third-order valence-corrected chi connectivity index (χ3v) is 4.49. The van der Waals surface area contributed by atoms with Crippen LogP contribution >= 0.6 is 0 Å². The molecule has 3 N–H and O–H groups in total. The van der Waals surface area contributed by atoms with E-state index in [1.165, 1.54) is 0 Å². The number of carbonyl (C=O) groups is 1. The topological polar surface area (TPSA) is 108 Å². The fourth-order valence-corrected chi connectivity index (χ4v) is 3.09. The predicted molar refractivity (Wildman–Crippen MR) is 99.1 cm³/mol. The number of nitrogens with one attached hydrogen (secondary N) is 1. The van der Waals surface area contributed by atoms with E-state index in [4.69, 9.17) is 14.6 Å². The highest BCUT2D eigenvalue weighted by Gasteiger charge is 2.31. The van der Waals surface area contributed by atoms with Crippen LogP contribution in [0, 0.1) is 0 Å². The van der Waals surface area contributed by atoms with E-state index in [1.54, 1.807) is 37.3 Å². The summed E-state index contributed by atoms with van der Waals surface area (Å²) in [6.07, 6.45) is -4.72. The fourth-order valence-electron chi connectivity index (χ4n) is 2.37. The van der Waals surface area contributed by atoms with Crippen molar-refractivity contribution < 1.29 is 35.9 Å². The van der Waals surface area contributed by atoms with E-state index in [-0.39, 0.29) is 24.4 Å². The summed E-state index contributed by atoms with van der Waals surface area (Å²) in [6.45, 7) is -0.0512. The summed E-state index contributed by atoms with van der Waals surface area (Å²) in [4.78, 5) is 11.3. The van der Waals surface area contributed by atoms with Gasteiger partial charge in [0.25, 0.3) is 0 Å². The summed E-state index contributed by atoms with van der Waals surface area (Å²) in [6, 6.07) is 10.8. The molecule has 0 saturated heterocycles. The Morgan fingerprint density at radius 1 is 1.17 bits per heavy atom. The average molecular weight is 432 g/mol. The molecule has 0 fully saturated rings. The standard InChI is InChI=1S/C18H19F3N2O5S/c1-2-27-17(24)13-8-14(23-10-12-6-4-3-5-7-12)16(28-11-18(19,20)21)15(9-13)29(22,25)26/h3-9,23H,2,10-11H2,1H3,(H2,22,25,26). The number of ether oxygens (including phenoxy) is 2. The molecule has 0 aliphatic carbocycles. The Balaban J connectivity index is 2.53. The van der Waals surface area contributed by atoms with Gasteiger partial charge in [-0.15, -0.1) is 0 Å². The maximum Gasteiger partial charge on any atom is 0.422 e. The van der Waals surface area contributed by atoms with Crippen molar-refractivity contribution in [3.63, 3.8) is 0 Å². The number of halogens is 3. The molecule has 11 heteroatoms. The maximum absolute atomic E-state index is 12.7. The number of rotatable bonds is 8. The highest BCUT2D eigenvalue weighted by molar-refractivity contribution is 7.89. The fraction of sp³-hybridized carbons (Fsp3) is 0.278. The Bertz CT molecular complexity index is 963. The first-order valence-corrected chi connectivity index (χ1v) is 9.91. The second-order valence-electron chi connectivity index (χ2n) is 5.86. The first-order chi connectivity index (χ1) is 13.5. The van der Waals surface area contributed by atoms with Crippen molar-refractivity contribution in [2.75, 3.05) is 18.5 Å². The highest BCUT2D eigenvalue weighted by atomic mass is 32.2. The van der Waals surface area contributed by atoms with E-state index in [9.17, 15) is 26.4 Å². The van der Waals surface area contributed by atoms with Crippen molar-refractivity contribution in [1.29, 1.82) is 0 Å². The molecule has 0 spiro atoms. The number of primary sulfonamides is 1. The summed E-state index contributed by atoms with van der Waals surface area (Å²) >= 11 is 0. The van der Waals surface area contributed by atoms with Crippen LogP contribution in [0.2, 0.25) is 0 Å². The van der Waals surface area contributed by atoms with Gasteiger partial charge in [0, 0.05) is 6.54 Å². The minimum absolute atomic E-state index is 0.0165. The Morgan fingerprint density at radius 2 is 1.83 bits per heavy atom. The molecule has 2 aromatic carbocycles. The maximum atomic E-state index is 12.7. The Kier molecular flexibility index (Phi) is 7.09. The zero-order chi connectivity index (χ0) is 21.7. The van der Waals surface area contributed by atoms with Crippen molar-refractivity contribution in [3.8, 4) is 5.75 Å². The van der Waals surface area contributed by atoms with Gasteiger partial charge in [0.1, 0.15) is 4.90 Å². The first kappa shape index (κ1) is 22.5. The third-order valence-electron chi connectivity index (χ3n) is 3.58. The van der Waals surface area contributed by atoms with Gasteiger partial charge in [-0.1, -0.05) is 30.3 Å². The summed E-state index contributed by atoms with van der Waals surface area (Å²) in [5.74, 6) is -1.49. The molecule has 0 amide bonds. The molecule has 0 aliphatic rings. The molecule has 0 aliphatic heterocycles. The number of nitrogens with two attached hydrogens (primary N) is 1. The molecule has 0 saturated carbocycles. The normalized spacial score (nSPS) is 11.8. The van der Waals surface area contributed by atoms with E-state index >= 15 is 0 Å². The van der Waals surface area contributed by atoms with Crippen LogP contribution in [0.5, 0.6) is 5.75 Å². The summed E-state index contributed by atoms with van der Waals surface area (Å²) in [5.41, 5.74) is 0.409. The van der Waals surface area contributed by atoms with Gasteiger partial charge in [-0.25, -0.2) is 18.4 Å². The van der Waals surface area contributed by atoms with Crippen LogP contribution < -0.4 is 15.2 Å². The summed E-state index contributed by atoms with van der Waals surface area (Å²) in [5, 5.41) is 7.94. The minimum Gasteiger partial charge on any atom is -0.481 e. The number of esters is 1. The van der Waals surface area contributed by atoms with Gasteiger partial charge in [-0.2, -0.15) is 13.2 Å². The zero-order valence-electron chi connectivity index (χ0n) is 15.3. The predicted octanol–water partition coefficient (Wildman–Crippen LogP) is 3.06. The second-order valence-corrected chi connectivity index (χ2v) is 7.39. The third kappa shape index (κ3) is 6.64. The molecule has 2 rings (SSSR count). The quantitative estimate of drug-likeness (QED) is 0.621. The lowest BCUT2D eigenvalue weighted by Gasteiger charge is -2.18. The summed E-state index contributed by atoms with van der Waals surface area (Å²) in [7, 11) is -4.52. The molecular weight excluding hydrogens is 413 g/mol. The lowest BCUT2D eigenvalue weighted by Crippen LogP contribution is -2.23. The molecule has 158 valence electrons. The largest absolute Gasteiger partial charge is 0.481 e. The van der Waals surface area contributed by atoms with Crippen molar-refractivity contribution in [1.82, 2.24) is 0 Å². The molecule has 0 aromatic heterocycles. The van der Waals surface area contributed by atoms with Gasteiger partial charge in [-0.05, 0) is 24.6 Å². The number of hydrogen-bond donors (Lipinski definition) is 2. The van der Waals surface area contributed by atoms with Crippen LogP contribution in [0.4, 0.5) is 18.9 Å². The van der Waals surface area contributed by atoms with Crippen LogP contribution in [-0.4, -0.2) is 33.8 Å². The number of sulfonamides is 1. The Morgan fingerprint density at radius 3 is 2.38 bits per heavy atom. The molecule has 7 nitrogen and oxygen atoms in total. The van der Waals surface area contributed by atoms with E-state index in [2.05, 4.69) is 5.32 Å². The Hall–Kier alpha value is -2.79. The van der Waals surface area contributed by atoms with E-state index in [0.717, 1.165) is 17.7 Å². The van der Waals surface area contributed by atoms with Gasteiger partial charge in [0.2, 0.25) is 10.0 Å². The van der Waals surface area contributed by atoms with Crippen LogP contribution in [0.25, 0.3) is 0 Å². The monoisotopic (exact) mass is 432 g/mol. The number of benzene rings is 2. The molecule has 0 atom stereocenters. The van der Waals surface area contributed by atoms with Gasteiger partial charge >= 0.3 is 12.1 Å². The smallest absolute Gasteiger partial charge is 0.422 e. The van der Waals surface area contributed by atoms with Gasteiger partial charge < -0.3 is 14.8 Å². The Labute approximate surface area is 165 Å². The van der Waals surface area contributed by atoms with Crippen LogP contribution in [0.1, 0.15) is 22.8 Å². The molecule has 0 heterocycles. The average Bonchev–Trinajstić information content (AvgIpc) is 2.64. The molecule has 0 bridgehead atoms. The number of alkyl halides is 3. The molecular formula is C18H19F3N2O5S. The minimum atomic E-state index is -4.72. The molecule has 0 radical (unpaired) electrons. The molecule has 0 unspecified atom stereocenters. The van der Waals surface area contributed by atoms with Gasteiger partial charge in [0.15, 0.2) is 12.4 Å². The molecule has 29 heavy (non-hydrogen) atoms. The van der Waals surface area contributed by atoms with Crippen LogP contribution in [-0.2, 0) is 21.3 Å².